The largest absolute Gasteiger partial charge is 0.497 e. The number of fused-ring (bicyclic) bond motifs is 1. The minimum atomic E-state index is -0.569. The minimum absolute atomic E-state index is 0.436. The van der Waals surface area contributed by atoms with Crippen molar-refractivity contribution in [3.8, 4) is 16.3 Å². The van der Waals surface area contributed by atoms with Gasteiger partial charge in [-0.3, -0.25) is 9.88 Å². The predicted octanol–water partition coefficient (Wildman–Crippen LogP) is 4.74. The Labute approximate surface area is 156 Å². The molecule has 1 amide bonds. The summed E-state index contributed by atoms with van der Waals surface area (Å²) >= 11 is 1.54. The van der Waals surface area contributed by atoms with Crippen LogP contribution in [0.5, 0.6) is 5.75 Å². The van der Waals surface area contributed by atoms with Gasteiger partial charge in [0.2, 0.25) is 0 Å². The summed E-state index contributed by atoms with van der Waals surface area (Å²) in [7, 11) is 3.31. The van der Waals surface area contributed by atoms with Crippen molar-refractivity contribution >= 4 is 33.3 Å². The predicted molar refractivity (Wildman–Crippen MR) is 104 cm³/mol. The fourth-order valence-corrected chi connectivity index (χ4v) is 3.44. The number of nitrogens with zero attached hydrogens (tertiary/aromatic N) is 3. The third-order valence-corrected chi connectivity index (χ3v) is 4.71. The van der Waals surface area contributed by atoms with E-state index in [4.69, 9.17) is 14.5 Å². The molecule has 3 rings (SSSR count). The van der Waals surface area contributed by atoms with Crippen molar-refractivity contribution in [3.63, 3.8) is 0 Å². The van der Waals surface area contributed by atoms with Gasteiger partial charge in [-0.25, -0.2) is 9.78 Å². The Morgan fingerprint density at radius 1 is 1.23 bits per heavy atom. The Balaban J connectivity index is 2.00. The van der Waals surface area contributed by atoms with Gasteiger partial charge in [0.15, 0.2) is 0 Å². The van der Waals surface area contributed by atoms with Crippen molar-refractivity contribution < 1.29 is 14.3 Å². The van der Waals surface area contributed by atoms with Gasteiger partial charge in [-0.05, 0) is 45.0 Å². The average molecular weight is 371 g/mol. The molecule has 0 fully saturated rings. The van der Waals surface area contributed by atoms with E-state index < -0.39 is 11.7 Å². The van der Waals surface area contributed by atoms with Gasteiger partial charge in [-0.1, -0.05) is 0 Å². The van der Waals surface area contributed by atoms with Crippen LogP contribution in [0.25, 0.3) is 20.8 Å². The molecule has 0 bridgehead atoms. The van der Waals surface area contributed by atoms with E-state index in [2.05, 4.69) is 4.98 Å². The third-order valence-electron chi connectivity index (χ3n) is 3.65. The zero-order valence-corrected chi connectivity index (χ0v) is 16.3. The van der Waals surface area contributed by atoms with Crippen molar-refractivity contribution in [1.82, 2.24) is 9.97 Å². The highest BCUT2D eigenvalue weighted by atomic mass is 32.1. The van der Waals surface area contributed by atoms with Gasteiger partial charge in [0.25, 0.3) is 0 Å². The van der Waals surface area contributed by atoms with E-state index in [1.807, 2.05) is 45.0 Å². The highest BCUT2D eigenvalue weighted by molar-refractivity contribution is 7.21. The maximum atomic E-state index is 12.4. The summed E-state index contributed by atoms with van der Waals surface area (Å²) in [5.74, 6) is 0.786. The molecule has 0 unspecified atom stereocenters. The Morgan fingerprint density at radius 2 is 2.00 bits per heavy atom. The van der Waals surface area contributed by atoms with Gasteiger partial charge >= 0.3 is 6.09 Å². The monoisotopic (exact) mass is 371 g/mol. The summed E-state index contributed by atoms with van der Waals surface area (Å²) in [6.45, 7) is 5.51. The molecular weight excluding hydrogens is 350 g/mol. The van der Waals surface area contributed by atoms with Crippen LogP contribution in [0.3, 0.4) is 0 Å². The van der Waals surface area contributed by atoms with Gasteiger partial charge in [0.1, 0.15) is 16.4 Å². The van der Waals surface area contributed by atoms with E-state index in [0.29, 0.717) is 5.69 Å². The van der Waals surface area contributed by atoms with Crippen LogP contribution in [-0.4, -0.2) is 35.8 Å². The summed E-state index contributed by atoms with van der Waals surface area (Å²) in [5.41, 5.74) is 1.79. The van der Waals surface area contributed by atoms with Crippen LogP contribution in [0.2, 0.25) is 0 Å². The van der Waals surface area contributed by atoms with Crippen LogP contribution in [0.4, 0.5) is 10.5 Å². The van der Waals surface area contributed by atoms with Crippen molar-refractivity contribution in [2.24, 2.45) is 0 Å². The summed E-state index contributed by atoms with van der Waals surface area (Å²) in [5, 5.41) is 0.807. The molecule has 6 nitrogen and oxygen atoms in total. The van der Waals surface area contributed by atoms with Gasteiger partial charge in [0.05, 0.1) is 29.2 Å². The molecule has 1 aromatic carbocycles. The highest BCUT2D eigenvalue weighted by Gasteiger charge is 2.23. The van der Waals surface area contributed by atoms with Crippen LogP contribution in [0.15, 0.2) is 36.7 Å². The lowest BCUT2D eigenvalue weighted by molar-refractivity contribution is 0.0589. The molecule has 2 heterocycles. The Morgan fingerprint density at radius 3 is 2.69 bits per heavy atom. The first-order valence-electron chi connectivity index (χ1n) is 8.14. The molecule has 0 N–H and O–H groups in total. The standard InChI is InChI=1S/C19H21N3O3S/c1-19(2,3)25-18(23)22(4)15-11-20-9-8-13(15)17-21-14-7-6-12(24-5)10-16(14)26-17/h6-11H,1-5H3. The molecule has 0 radical (unpaired) electrons. The first kappa shape index (κ1) is 18.1. The van der Waals surface area contributed by atoms with Crippen LogP contribution in [0.1, 0.15) is 20.8 Å². The van der Waals surface area contributed by atoms with Gasteiger partial charge in [-0.15, -0.1) is 11.3 Å². The quantitative estimate of drug-likeness (QED) is 0.665. The SMILES string of the molecule is COc1ccc2nc(-c3ccncc3N(C)C(=O)OC(C)(C)C)sc2c1. The topological polar surface area (TPSA) is 64.6 Å². The molecule has 0 saturated carbocycles. The molecule has 3 aromatic rings. The number of thiazole rings is 1. The van der Waals surface area contributed by atoms with Crippen molar-refractivity contribution in [1.29, 1.82) is 0 Å². The Hall–Kier alpha value is -2.67. The van der Waals surface area contributed by atoms with E-state index in [1.165, 1.54) is 16.2 Å². The second-order valence-electron chi connectivity index (χ2n) is 6.78. The van der Waals surface area contributed by atoms with Crippen molar-refractivity contribution in [2.75, 3.05) is 19.1 Å². The van der Waals surface area contributed by atoms with E-state index >= 15 is 0 Å². The summed E-state index contributed by atoms with van der Waals surface area (Å²) in [6.07, 6.45) is 2.90. The van der Waals surface area contributed by atoms with E-state index in [1.54, 1.807) is 26.6 Å². The maximum absolute atomic E-state index is 12.4. The lowest BCUT2D eigenvalue weighted by atomic mass is 10.2. The van der Waals surface area contributed by atoms with E-state index in [0.717, 1.165) is 26.5 Å². The Bertz CT molecular complexity index is 947. The van der Waals surface area contributed by atoms with E-state index in [-0.39, 0.29) is 0 Å². The fraction of sp³-hybridized carbons (Fsp3) is 0.316. The molecular formula is C19H21N3O3S. The lowest BCUT2D eigenvalue weighted by Crippen LogP contribution is -2.34. The second kappa shape index (κ2) is 6.92. The number of benzene rings is 1. The highest BCUT2D eigenvalue weighted by Crippen LogP contribution is 2.36. The molecule has 136 valence electrons. The summed E-state index contributed by atoms with van der Waals surface area (Å²) in [6, 6.07) is 7.61. The normalized spacial score (nSPS) is 11.4. The van der Waals surface area contributed by atoms with Crippen LogP contribution < -0.4 is 9.64 Å². The summed E-state index contributed by atoms with van der Waals surface area (Å²) in [4.78, 5) is 22.8. The second-order valence-corrected chi connectivity index (χ2v) is 7.82. The molecule has 0 spiro atoms. The average Bonchev–Trinajstić information content (AvgIpc) is 3.02. The van der Waals surface area contributed by atoms with E-state index in [9.17, 15) is 4.79 Å². The first-order chi connectivity index (χ1) is 12.3. The smallest absolute Gasteiger partial charge is 0.414 e. The Kier molecular flexibility index (Phi) is 4.82. The molecule has 0 aliphatic heterocycles. The molecule has 0 aliphatic rings. The number of pyridine rings is 1. The van der Waals surface area contributed by atoms with Gasteiger partial charge < -0.3 is 9.47 Å². The van der Waals surface area contributed by atoms with Crippen molar-refractivity contribution in [2.45, 2.75) is 26.4 Å². The molecule has 26 heavy (non-hydrogen) atoms. The number of carbonyl (C=O) groups excluding carboxylic acids is 1. The number of hydrogen-bond acceptors (Lipinski definition) is 6. The number of ether oxygens (including phenoxy) is 2. The lowest BCUT2D eigenvalue weighted by Gasteiger charge is -2.25. The molecule has 7 heteroatoms. The fourth-order valence-electron chi connectivity index (χ4n) is 2.41. The molecule has 0 aliphatic carbocycles. The zero-order chi connectivity index (χ0) is 18.9. The van der Waals surface area contributed by atoms with Crippen LogP contribution in [-0.2, 0) is 4.74 Å². The maximum Gasteiger partial charge on any atom is 0.414 e. The number of aromatic nitrogens is 2. The number of methoxy groups -OCH3 is 1. The van der Waals surface area contributed by atoms with Crippen LogP contribution >= 0.6 is 11.3 Å². The molecule has 0 atom stereocenters. The van der Waals surface area contributed by atoms with Crippen molar-refractivity contribution in [3.05, 3.63) is 36.7 Å². The minimum Gasteiger partial charge on any atom is -0.497 e. The first-order valence-corrected chi connectivity index (χ1v) is 8.96. The number of amides is 1. The molecule has 0 saturated heterocycles. The number of carbonyl (C=O) groups is 1. The number of rotatable bonds is 3. The number of anilines is 1. The summed E-state index contributed by atoms with van der Waals surface area (Å²) < 4.78 is 11.8. The van der Waals surface area contributed by atoms with Gasteiger partial charge in [-0.2, -0.15) is 0 Å². The molecule has 2 aromatic heterocycles. The number of hydrogen-bond donors (Lipinski definition) is 0. The van der Waals surface area contributed by atoms with Gasteiger partial charge in [0, 0.05) is 18.8 Å². The zero-order valence-electron chi connectivity index (χ0n) is 15.4. The van der Waals surface area contributed by atoms with Crippen LogP contribution in [0, 0.1) is 0 Å². The third kappa shape index (κ3) is 3.77.